The van der Waals surface area contributed by atoms with Gasteiger partial charge in [0.05, 0.1) is 30.5 Å². The summed E-state index contributed by atoms with van der Waals surface area (Å²) in [5.74, 6) is -1.72. The molecule has 3 aromatic rings. The van der Waals surface area contributed by atoms with Crippen molar-refractivity contribution in [3.05, 3.63) is 105 Å². The van der Waals surface area contributed by atoms with Gasteiger partial charge >= 0.3 is 18.3 Å². The zero-order chi connectivity index (χ0) is 32.5. The fourth-order valence-corrected chi connectivity index (χ4v) is 6.02. The average Bonchev–Trinajstić information content (AvgIpc) is 3.16. The molecule has 0 atom stereocenters. The molecule has 1 saturated heterocycles. The number of allylic oxidation sites excluding steroid dienone is 1. The van der Waals surface area contributed by atoms with Crippen LogP contribution in [0.2, 0.25) is 0 Å². The van der Waals surface area contributed by atoms with Crippen LogP contribution in [0.15, 0.2) is 60.2 Å². The van der Waals surface area contributed by atoms with Gasteiger partial charge in [-0.15, -0.1) is 0 Å². The van der Waals surface area contributed by atoms with Crippen LogP contribution in [0.1, 0.15) is 68.6 Å². The van der Waals surface area contributed by atoms with Gasteiger partial charge in [0, 0.05) is 25.2 Å². The van der Waals surface area contributed by atoms with E-state index in [4.69, 9.17) is 4.74 Å². The number of alkyl halides is 7. The van der Waals surface area contributed by atoms with Crippen molar-refractivity contribution in [3.63, 3.8) is 0 Å². The minimum atomic E-state index is -5.14. The number of aryl methyl sites for hydroxylation is 1. The van der Waals surface area contributed by atoms with E-state index in [0.717, 1.165) is 18.2 Å². The van der Waals surface area contributed by atoms with Gasteiger partial charge < -0.3 is 9.84 Å². The molecule has 0 aromatic heterocycles. The van der Waals surface area contributed by atoms with Gasteiger partial charge in [-0.3, -0.25) is 9.29 Å². The van der Waals surface area contributed by atoms with Gasteiger partial charge in [-0.2, -0.15) is 26.3 Å². The SMILES string of the molecule is COc1cc(C(F)(F)F)cc(C(F)(F)F)c1C1=C(c2ccc(C=C3CN(CCCF)C3)cc2)c2ccc(C(=O)O)cc2CCC1. The number of halogens is 7. The van der Waals surface area contributed by atoms with Gasteiger partial charge in [0.15, 0.2) is 0 Å². The molecule has 0 radical (unpaired) electrons. The Balaban J connectivity index is 1.70. The van der Waals surface area contributed by atoms with Gasteiger partial charge in [-0.25, -0.2) is 4.79 Å². The molecule has 45 heavy (non-hydrogen) atoms. The quantitative estimate of drug-likeness (QED) is 0.252. The predicted octanol–water partition coefficient (Wildman–Crippen LogP) is 8.79. The Morgan fingerprint density at radius 1 is 0.956 bits per heavy atom. The number of carboxylic acid groups (broad SMARTS) is 1. The predicted molar refractivity (Wildman–Crippen MR) is 157 cm³/mol. The second kappa shape index (κ2) is 12.7. The van der Waals surface area contributed by atoms with Crippen molar-refractivity contribution < 1.29 is 45.4 Å². The Bertz CT molecular complexity index is 1650. The molecule has 0 amide bonds. The molecule has 1 fully saturated rings. The second-order valence-corrected chi connectivity index (χ2v) is 11.2. The van der Waals surface area contributed by atoms with Crippen LogP contribution < -0.4 is 4.74 Å². The molecule has 4 nitrogen and oxygen atoms in total. The Kier molecular flexibility index (Phi) is 9.11. The zero-order valence-corrected chi connectivity index (χ0v) is 24.3. The molecule has 0 saturated carbocycles. The molecule has 1 aliphatic carbocycles. The molecule has 5 rings (SSSR count). The van der Waals surface area contributed by atoms with Crippen molar-refractivity contribution in [3.8, 4) is 5.75 Å². The maximum atomic E-state index is 14.5. The number of ether oxygens (including phenoxy) is 1. The Labute approximate surface area is 255 Å². The Morgan fingerprint density at radius 3 is 2.27 bits per heavy atom. The van der Waals surface area contributed by atoms with E-state index >= 15 is 0 Å². The molecule has 0 spiro atoms. The van der Waals surface area contributed by atoms with E-state index in [1.807, 2.05) is 18.2 Å². The zero-order valence-electron chi connectivity index (χ0n) is 24.3. The highest BCUT2D eigenvalue weighted by atomic mass is 19.4. The number of aromatic carboxylic acids is 1. The fourth-order valence-electron chi connectivity index (χ4n) is 6.02. The minimum absolute atomic E-state index is 0.0164. The summed E-state index contributed by atoms with van der Waals surface area (Å²) in [6, 6.07) is 12.2. The van der Waals surface area contributed by atoms with E-state index in [-0.39, 0.29) is 30.3 Å². The number of benzene rings is 3. The van der Waals surface area contributed by atoms with Crippen molar-refractivity contribution >= 4 is 23.2 Å². The van der Waals surface area contributed by atoms with Crippen LogP contribution in [0, 0.1) is 0 Å². The topological polar surface area (TPSA) is 49.8 Å². The Hall–Kier alpha value is -4.12. The van der Waals surface area contributed by atoms with Gasteiger partial charge in [-0.1, -0.05) is 36.4 Å². The van der Waals surface area contributed by atoms with Crippen molar-refractivity contribution in [1.29, 1.82) is 0 Å². The molecule has 238 valence electrons. The van der Waals surface area contributed by atoms with E-state index in [2.05, 4.69) is 4.90 Å². The first-order valence-corrected chi connectivity index (χ1v) is 14.3. The number of methoxy groups -OCH3 is 1. The normalized spacial score (nSPS) is 15.8. The van der Waals surface area contributed by atoms with Crippen molar-refractivity contribution in [1.82, 2.24) is 4.90 Å². The smallest absolute Gasteiger partial charge is 0.417 e. The first-order chi connectivity index (χ1) is 21.3. The number of rotatable bonds is 8. The molecule has 0 unspecified atom stereocenters. The summed E-state index contributed by atoms with van der Waals surface area (Å²) in [5, 5.41) is 9.57. The lowest BCUT2D eigenvalue weighted by Gasteiger charge is -2.33. The number of fused-ring (bicyclic) bond motifs is 1. The summed E-state index contributed by atoms with van der Waals surface area (Å²) in [7, 11) is 1.03. The number of hydrogen-bond acceptors (Lipinski definition) is 3. The van der Waals surface area contributed by atoms with Crippen LogP contribution in [0.5, 0.6) is 5.75 Å². The van der Waals surface area contributed by atoms with Crippen LogP contribution in [0.3, 0.4) is 0 Å². The van der Waals surface area contributed by atoms with Crippen LogP contribution in [-0.2, 0) is 18.8 Å². The maximum Gasteiger partial charge on any atom is 0.417 e. The lowest BCUT2D eigenvalue weighted by molar-refractivity contribution is -0.143. The molecule has 1 aliphatic heterocycles. The fraction of sp³-hybridized carbons (Fsp3) is 0.324. The molecular formula is C34H30F7NO3. The van der Waals surface area contributed by atoms with Gasteiger partial charge in [0.25, 0.3) is 0 Å². The minimum Gasteiger partial charge on any atom is -0.496 e. The number of hydrogen-bond donors (Lipinski definition) is 1. The highest BCUT2D eigenvalue weighted by Gasteiger charge is 2.41. The lowest BCUT2D eigenvalue weighted by Crippen LogP contribution is -2.40. The van der Waals surface area contributed by atoms with E-state index in [0.29, 0.717) is 67.2 Å². The number of likely N-dealkylation sites (tertiary alicyclic amines) is 1. The van der Waals surface area contributed by atoms with E-state index in [1.165, 1.54) is 12.1 Å². The van der Waals surface area contributed by atoms with Crippen LogP contribution in [-0.4, -0.2) is 49.4 Å². The monoisotopic (exact) mass is 633 g/mol. The van der Waals surface area contributed by atoms with E-state index < -0.39 is 40.8 Å². The number of carbonyl (C=O) groups is 1. The van der Waals surface area contributed by atoms with E-state index in [1.54, 1.807) is 18.2 Å². The molecule has 3 aromatic carbocycles. The van der Waals surface area contributed by atoms with Crippen molar-refractivity contribution in [2.45, 2.75) is 38.0 Å². The Morgan fingerprint density at radius 2 is 1.67 bits per heavy atom. The highest BCUT2D eigenvalue weighted by molar-refractivity contribution is 6.02. The lowest BCUT2D eigenvalue weighted by atomic mass is 9.84. The van der Waals surface area contributed by atoms with Gasteiger partial charge in [0.1, 0.15) is 5.75 Å². The van der Waals surface area contributed by atoms with Crippen LogP contribution >= 0.6 is 0 Å². The second-order valence-electron chi connectivity index (χ2n) is 11.2. The molecule has 11 heteroatoms. The van der Waals surface area contributed by atoms with Crippen LogP contribution in [0.4, 0.5) is 30.7 Å². The van der Waals surface area contributed by atoms with Crippen LogP contribution in [0.25, 0.3) is 17.2 Å². The summed E-state index contributed by atoms with van der Waals surface area (Å²) in [6.45, 7) is 1.72. The third kappa shape index (κ3) is 6.93. The van der Waals surface area contributed by atoms with E-state index in [9.17, 15) is 40.6 Å². The molecule has 1 heterocycles. The summed E-state index contributed by atoms with van der Waals surface area (Å²) in [6.07, 6.45) is -6.99. The number of nitrogens with zero attached hydrogens (tertiary/aromatic N) is 1. The van der Waals surface area contributed by atoms with Gasteiger partial charge in [-0.05, 0) is 88.9 Å². The maximum absolute atomic E-state index is 14.5. The molecule has 0 bridgehead atoms. The third-order valence-electron chi connectivity index (χ3n) is 8.08. The summed E-state index contributed by atoms with van der Waals surface area (Å²) in [5.41, 5.74) is 0.735. The van der Waals surface area contributed by atoms with Crippen molar-refractivity contribution in [2.75, 3.05) is 33.4 Å². The van der Waals surface area contributed by atoms with Gasteiger partial charge in [0.2, 0.25) is 0 Å². The average molecular weight is 634 g/mol. The molecule has 2 aliphatic rings. The third-order valence-corrected chi connectivity index (χ3v) is 8.08. The highest BCUT2D eigenvalue weighted by Crippen LogP contribution is 2.49. The first kappa shape index (κ1) is 32.3. The summed E-state index contributed by atoms with van der Waals surface area (Å²) in [4.78, 5) is 13.8. The summed E-state index contributed by atoms with van der Waals surface area (Å²) < 4.78 is 102. The summed E-state index contributed by atoms with van der Waals surface area (Å²) >= 11 is 0. The molecule has 1 N–H and O–H groups in total. The largest absolute Gasteiger partial charge is 0.496 e. The molecular weight excluding hydrogens is 603 g/mol. The first-order valence-electron chi connectivity index (χ1n) is 14.3. The standard InChI is InChI=1S/C34H30F7NO3/c1-45-29-17-25(33(36,37)38)16-28(34(39,40)41)31(29)27-5-2-4-23-15-24(32(43)44)10-11-26(23)30(27)22-8-6-20(7-9-22)14-21-18-42(19-21)13-3-12-35/h6-11,14-17H,2-5,12-13,18-19H2,1H3,(H,43,44). The van der Waals surface area contributed by atoms with Crippen molar-refractivity contribution in [2.24, 2.45) is 0 Å². The number of carboxylic acids is 1.